The van der Waals surface area contributed by atoms with E-state index in [1.807, 2.05) is 6.07 Å². The molecule has 0 bridgehead atoms. The summed E-state index contributed by atoms with van der Waals surface area (Å²) in [4.78, 5) is 28.3. The number of nitriles is 1. The molecule has 3 rings (SSSR count). The Balaban J connectivity index is 2.28. The van der Waals surface area contributed by atoms with E-state index in [0.29, 0.717) is 17.2 Å². The number of nitrogens with two attached hydrogens (primary N) is 1. The lowest BCUT2D eigenvalue weighted by Gasteiger charge is -2.37. The molecule has 1 aliphatic heterocycles. The second-order valence-electron chi connectivity index (χ2n) is 10.5. The van der Waals surface area contributed by atoms with Crippen LogP contribution in [0.3, 0.4) is 0 Å². The van der Waals surface area contributed by atoms with E-state index in [1.54, 1.807) is 19.1 Å². The molecule has 0 aromatic heterocycles. The van der Waals surface area contributed by atoms with E-state index >= 15 is 0 Å². The Labute approximate surface area is 232 Å². The molecular formula is C29H32F3N3O4Si. The number of benzene rings is 2. The Morgan fingerprint density at radius 3 is 2.23 bits per heavy atom. The summed E-state index contributed by atoms with van der Waals surface area (Å²) in [7, 11) is -1.58. The number of nitrogens with zero attached hydrogens (tertiary/aromatic N) is 2. The van der Waals surface area contributed by atoms with E-state index in [-0.39, 0.29) is 41.6 Å². The van der Waals surface area contributed by atoms with Gasteiger partial charge in [-0.05, 0) is 55.8 Å². The van der Waals surface area contributed by atoms with Crippen molar-refractivity contribution in [3.63, 3.8) is 0 Å². The zero-order valence-corrected chi connectivity index (χ0v) is 24.1. The zero-order chi connectivity index (χ0) is 29.8. The minimum absolute atomic E-state index is 0.0114. The Bertz CT molecular complexity index is 1390. The number of halogens is 3. The lowest BCUT2D eigenvalue weighted by molar-refractivity contribution is -0.140. The molecule has 0 aliphatic carbocycles. The molecule has 1 unspecified atom stereocenters. The van der Waals surface area contributed by atoms with Crippen molar-refractivity contribution in [2.75, 3.05) is 18.1 Å². The summed E-state index contributed by atoms with van der Waals surface area (Å²) in [5.41, 5.74) is 6.61. The van der Waals surface area contributed by atoms with Crippen molar-refractivity contribution in [2.45, 2.75) is 51.6 Å². The SMILES string of the molecule is CCOC(=O)C1=C(C)N(c2cccc(C(F)(F)F)c2)C(N)=C(C(=O)OCC[Si](C)(C)C)C1c1ccc(C#N)cc1. The predicted molar refractivity (Wildman–Crippen MR) is 147 cm³/mol. The summed E-state index contributed by atoms with van der Waals surface area (Å²) in [6, 6.07) is 13.4. The number of allylic oxidation sites excluding steroid dienone is 1. The molecule has 2 N–H and O–H groups in total. The first-order chi connectivity index (χ1) is 18.7. The van der Waals surface area contributed by atoms with Crippen molar-refractivity contribution < 1.29 is 32.2 Å². The minimum Gasteiger partial charge on any atom is -0.463 e. The number of anilines is 1. The molecule has 1 heterocycles. The van der Waals surface area contributed by atoms with Crippen LogP contribution >= 0.6 is 0 Å². The number of carbonyl (C=O) groups is 2. The highest BCUT2D eigenvalue weighted by atomic mass is 28.3. The van der Waals surface area contributed by atoms with E-state index in [4.69, 9.17) is 15.2 Å². The number of rotatable bonds is 8. The monoisotopic (exact) mass is 571 g/mol. The van der Waals surface area contributed by atoms with Gasteiger partial charge in [0.1, 0.15) is 5.82 Å². The standard InChI is InChI=1S/C29H32F3N3O4Si/c1-6-38-27(36)23-18(2)35(22-9-7-8-21(16-22)29(30,31)32)26(34)25(28(37)39-14-15-40(3,4)5)24(23)20-12-10-19(17-33)11-13-20/h7-13,16,24H,6,14-15,34H2,1-5H3. The predicted octanol–water partition coefficient (Wildman–Crippen LogP) is 6.07. The van der Waals surface area contributed by atoms with Gasteiger partial charge in [-0.2, -0.15) is 18.4 Å². The average Bonchev–Trinajstić information content (AvgIpc) is 2.87. The van der Waals surface area contributed by atoms with E-state index in [0.717, 1.165) is 12.1 Å². The third-order valence-electron chi connectivity index (χ3n) is 6.42. The number of alkyl halides is 3. The zero-order valence-electron chi connectivity index (χ0n) is 23.1. The molecule has 11 heteroatoms. The van der Waals surface area contributed by atoms with Gasteiger partial charge in [-0.1, -0.05) is 37.8 Å². The molecule has 1 aliphatic rings. The highest BCUT2D eigenvalue weighted by molar-refractivity contribution is 6.76. The summed E-state index contributed by atoms with van der Waals surface area (Å²) in [5, 5.41) is 9.26. The number of hydrogen-bond acceptors (Lipinski definition) is 7. The van der Waals surface area contributed by atoms with Crippen LogP contribution in [-0.2, 0) is 25.2 Å². The van der Waals surface area contributed by atoms with Crippen LogP contribution in [-0.4, -0.2) is 33.2 Å². The summed E-state index contributed by atoms with van der Waals surface area (Å²) < 4.78 is 51.7. The maximum absolute atomic E-state index is 13.7. The van der Waals surface area contributed by atoms with E-state index in [1.165, 1.54) is 36.1 Å². The van der Waals surface area contributed by atoms with E-state index in [2.05, 4.69) is 19.6 Å². The summed E-state index contributed by atoms with van der Waals surface area (Å²) in [5.74, 6) is -2.77. The first-order valence-electron chi connectivity index (χ1n) is 12.7. The van der Waals surface area contributed by atoms with E-state index in [9.17, 15) is 28.0 Å². The van der Waals surface area contributed by atoms with Crippen molar-refractivity contribution in [3.8, 4) is 6.07 Å². The van der Waals surface area contributed by atoms with E-state index < -0.39 is 37.7 Å². The minimum atomic E-state index is -4.63. The molecule has 0 fully saturated rings. The first kappa shape index (κ1) is 30.5. The molecule has 40 heavy (non-hydrogen) atoms. The van der Waals surface area contributed by atoms with Gasteiger partial charge in [0, 0.05) is 19.5 Å². The van der Waals surface area contributed by atoms with Crippen LogP contribution in [0, 0.1) is 11.3 Å². The molecule has 0 spiro atoms. The van der Waals surface area contributed by atoms with Crippen LogP contribution in [0.1, 0.15) is 36.5 Å². The number of esters is 2. The summed E-state index contributed by atoms with van der Waals surface area (Å²) >= 11 is 0. The Morgan fingerprint density at radius 2 is 1.68 bits per heavy atom. The fraction of sp³-hybridized carbons (Fsp3) is 0.345. The van der Waals surface area contributed by atoms with Gasteiger partial charge in [0.05, 0.1) is 47.5 Å². The molecule has 0 radical (unpaired) electrons. The molecular weight excluding hydrogens is 539 g/mol. The number of ether oxygens (including phenoxy) is 2. The maximum Gasteiger partial charge on any atom is 0.416 e. The van der Waals surface area contributed by atoms with Crippen molar-refractivity contribution in [3.05, 3.63) is 87.9 Å². The molecule has 2 aromatic carbocycles. The van der Waals surface area contributed by atoms with Gasteiger partial charge in [0.2, 0.25) is 0 Å². The largest absolute Gasteiger partial charge is 0.463 e. The Hall–Kier alpha value is -4.04. The van der Waals surface area contributed by atoms with Crippen molar-refractivity contribution in [2.24, 2.45) is 5.73 Å². The molecule has 0 saturated heterocycles. The van der Waals surface area contributed by atoms with Crippen molar-refractivity contribution >= 4 is 25.7 Å². The first-order valence-corrected chi connectivity index (χ1v) is 16.4. The fourth-order valence-electron chi connectivity index (χ4n) is 4.38. The molecule has 2 aromatic rings. The van der Waals surface area contributed by atoms with Gasteiger partial charge in [-0.15, -0.1) is 0 Å². The smallest absolute Gasteiger partial charge is 0.416 e. The molecule has 1 atom stereocenters. The van der Waals surface area contributed by atoms with Gasteiger partial charge >= 0.3 is 18.1 Å². The van der Waals surface area contributed by atoms with Gasteiger partial charge < -0.3 is 20.1 Å². The van der Waals surface area contributed by atoms with Crippen LogP contribution < -0.4 is 10.6 Å². The number of hydrogen-bond donors (Lipinski definition) is 1. The normalized spacial score (nSPS) is 16.1. The molecule has 0 amide bonds. The van der Waals surface area contributed by atoms with Gasteiger partial charge in [-0.3, -0.25) is 0 Å². The quantitative estimate of drug-likeness (QED) is 0.303. The highest BCUT2D eigenvalue weighted by Gasteiger charge is 2.42. The topological polar surface area (TPSA) is 106 Å². The Morgan fingerprint density at radius 1 is 1.05 bits per heavy atom. The van der Waals surface area contributed by atoms with Crippen LogP contribution in [0.4, 0.5) is 18.9 Å². The third-order valence-corrected chi connectivity index (χ3v) is 8.13. The third kappa shape index (κ3) is 6.74. The molecule has 0 saturated carbocycles. The van der Waals surface area contributed by atoms with Crippen LogP contribution in [0.15, 0.2) is 71.2 Å². The highest BCUT2D eigenvalue weighted by Crippen LogP contribution is 2.44. The van der Waals surface area contributed by atoms with Gasteiger partial charge in [0.15, 0.2) is 0 Å². The number of carbonyl (C=O) groups excluding carboxylic acids is 2. The lowest BCUT2D eigenvalue weighted by atomic mass is 9.80. The van der Waals surface area contributed by atoms with Gasteiger partial charge in [0.25, 0.3) is 0 Å². The molecule has 212 valence electrons. The van der Waals surface area contributed by atoms with Crippen molar-refractivity contribution in [1.29, 1.82) is 5.26 Å². The fourth-order valence-corrected chi connectivity index (χ4v) is 5.10. The molecule has 7 nitrogen and oxygen atoms in total. The average molecular weight is 572 g/mol. The van der Waals surface area contributed by atoms with Crippen molar-refractivity contribution in [1.82, 2.24) is 0 Å². The summed E-state index contributed by atoms with van der Waals surface area (Å²) in [6.07, 6.45) is -4.63. The summed E-state index contributed by atoms with van der Waals surface area (Å²) in [6.45, 7) is 9.65. The lowest BCUT2D eigenvalue weighted by Crippen LogP contribution is -2.39. The van der Waals surface area contributed by atoms with Crippen LogP contribution in [0.5, 0.6) is 0 Å². The van der Waals surface area contributed by atoms with Gasteiger partial charge in [-0.25, -0.2) is 9.59 Å². The van der Waals surface area contributed by atoms with Crippen LogP contribution in [0.2, 0.25) is 25.7 Å². The second kappa shape index (κ2) is 12.0. The maximum atomic E-state index is 13.7. The van der Waals surface area contributed by atoms with Crippen LogP contribution in [0.25, 0.3) is 0 Å². The Kier molecular flexibility index (Phi) is 9.15. The second-order valence-corrected chi connectivity index (χ2v) is 16.1.